The fourth-order valence-corrected chi connectivity index (χ4v) is 6.52. The van der Waals surface area contributed by atoms with Gasteiger partial charge in [-0.3, -0.25) is 4.79 Å². The summed E-state index contributed by atoms with van der Waals surface area (Å²) >= 11 is 0. The van der Waals surface area contributed by atoms with Gasteiger partial charge in [0.25, 0.3) is 0 Å². The van der Waals surface area contributed by atoms with Gasteiger partial charge in [-0.25, -0.2) is 0 Å². The highest BCUT2D eigenvalue weighted by atomic mass is 16.7. The van der Waals surface area contributed by atoms with Gasteiger partial charge in [0.15, 0.2) is 0 Å². The first kappa shape index (κ1) is 23.8. The summed E-state index contributed by atoms with van der Waals surface area (Å²) in [5.41, 5.74) is 1.38. The molecule has 5 rings (SSSR count). The first-order valence-electron chi connectivity index (χ1n) is 12.9. The minimum Gasteiger partial charge on any atom is -0.405 e. The lowest BCUT2D eigenvalue weighted by Crippen LogP contribution is -2.65. The molecule has 0 aromatic heterocycles. The molecule has 4 fully saturated rings. The topological polar surface area (TPSA) is 47.6 Å². The maximum Gasteiger partial charge on any atom is 0.463 e. The van der Waals surface area contributed by atoms with Crippen molar-refractivity contribution >= 4 is 13.0 Å². The Hall–Kier alpha value is -1.33. The Labute approximate surface area is 195 Å². The number of unbranched alkanes of at least 4 members (excludes halogenated alkanes) is 2. The molecule has 1 aromatic rings. The van der Waals surface area contributed by atoms with E-state index in [1.54, 1.807) is 0 Å². The first-order chi connectivity index (χ1) is 15.3. The van der Waals surface area contributed by atoms with E-state index in [1.165, 1.54) is 24.8 Å². The molecular weight excluding hydrogens is 397 g/mol. The van der Waals surface area contributed by atoms with Crippen molar-refractivity contribution in [3.8, 4) is 0 Å². The molecule has 3 unspecified atom stereocenters. The molecule has 5 heteroatoms. The number of hydrogen-bond acceptors (Lipinski definition) is 3. The van der Waals surface area contributed by atoms with E-state index in [1.807, 2.05) is 13.0 Å². The second-order valence-corrected chi connectivity index (χ2v) is 11.4. The molecule has 1 heterocycles. The third-order valence-corrected chi connectivity index (χ3v) is 8.92. The number of benzene rings is 1. The van der Waals surface area contributed by atoms with Crippen LogP contribution >= 0.6 is 0 Å². The second kappa shape index (κ2) is 9.50. The van der Waals surface area contributed by atoms with Gasteiger partial charge in [0, 0.05) is 18.3 Å². The Kier molecular flexibility index (Phi) is 7.07. The molecule has 6 atom stereocenters. The van der Waals surface area contributed by atoms with Crippen molar-refractivity contribution in [1.29, 1.82) is 0 Å². The van der Waals surface area contributed by atoms with Crippen LogP contribution in [0.1, 0.15) is 78.7 Å². The zero-order chi connectivity index (χ0) is 22.9. The predicted octanol–water partition coefficient (Wildman–Crippen LogP) is 5.66. The fourth-order valence-electron chi connectivity index (χ4n) is 6.52. The predicted molar refractivity (Wildman–Crippen MR) is 130 cm³/mol. The van der Waals surface area contributed by atoms with Crippen molar-refractivity contribution in [2.45, 2.75) is 97.1 Å². The van der Waals surface area contributed by atoms with Crippen molar-refractivity contribution in [3.63, 3.8) is 0 Å². The monoisotopic (exact) mass is 439 g/mol. The van der Waals surface area contributed by atoms with Crippen LogP contribution in [0.15, 0.2) is 30.3 Å². The average molecular weight is 439 g/mol. The van der Waals surface area contributed by atoms with Gasteiger partial charge in [0.1, 0.15) is 0 Å². The molecule has 4 nitrogen and oxygen atoms in total. The fraction of sp³-hybridized carbons (Fsp3) is 0.741. The molecule has 0 radical (unpaired) electrons. The van der Waals surface area contributed by atoms with Crippen molar-refractivity contribution in [3.05, 3.63) is 35.9 Å². The molecule has 1 amide bonds. The van der Waals surface area contributed by atoms with E-state index in [-0.39, 0.29) is 36.5 Å². The maximum absolute atomic E-state index is 12.8. The Morgan fingerprint density at radius 1 is 1.19 bits per heavy atom. The van der Waals surface area contributed by atoms with E-state index in [0.29, 0.717) is 17.9 Å². The SMILES string of the molecule is CCCCC[C@H](C)C(=O)NC[C@@H](Cc1ccccc1)B1OC2CC3CC(C3(C)C)[C@@]2(C)O1. The smallest absolute Gasteiger partial charge is 0.405 e. The molecule has 3 aliphatic carbocycles. The van der Waals surface area contributed by atoms with Crippen LogP contribution in [0.3, 0.4) is 0 Å². The van der Waals surface area contributed by atoms with Crippen LogP contribution in [-0.4, -0.2) is 31.3 Å². The largest absolute Gasteiger partial charge is 0.463 e. The molecule has 2 bridgehead atoms. The summed E-state index contributed by atoms with van der Waals surface area (Å²) < 4.78 is 13.4. The summed E-state index contributed by atoms with van der Waals surface area (Å²) in [6.45, 7) is 11.9. The maximum atomic E-state index is 12.8. The molecule has 0 spiro atoms. The molecule has 1 saturated heterocycles. The van der Waals surface area contributed by atoms with Crippen LogP contribution < -0.4 is 5.32 Å². The van der Waals surface area contributed by atoms with E-state index in [0.717, 1.165) is 31.6 Å². The zero-order valence-corrected chi connectivity index (χ0v) is 20.7. The average Bonchev–Trinajstić information content (AvgIpc) is 3.14. The summed E-state index contributed by atoms with van der Waals surface area (Å²) in [4.78, 5) is 12.8. The van der Waals surface area contributed by atoms with E-state index >= 15 is 0 Å². The molecule has 4 aliphatic rings. The van der Waals surface area contributed by atoms with Crippen molar-refractivity contribution in [2.75, 3.05) is 6.54 Å². The second-order valence-electron chi connectivity index (χ2n) is 11.4. The number of rotatable bonds is 10. The van der Waals surface area contributed by atoms with Gasteiger partial charge in [0.05, 0.1) is 11.7 Å². The number of amides is 1. The van der Waals surface area contributed by atoms with Gasteiger partial charge in [-0.15, -0.1) is 0 Å². The molecule has 1 aromatic carbocycles. The van der Waals surface area contributed by atoms with Crippen molar-refractivity contribution in [1.82, 2.24) is 5.32 Å². The Morgan fingerprint density at radius 3 is 2.62 bits per heavy atom. The van der Waals surface area contributed by atoms with Crippen LogP contribution in [0.5, 0.6) is 0 Å². The van der Waals surface area contributed by atoms with Gasteiger partial charge in [-0.2, -0.15) is 0 Å². The zero-order valence-electron chi connectivity index (χ0n) is 20.7. The van der Waals surface area contributed by atoms with Crippen LogP contribution in [0.4, 0.5) is 0 Å². The number of carbonyl (C=O) groups is 1. The van der Waals surface area contributed by atoms with Gasteiger partial charge >= 0.3 is 7.12 Å². The van der Waals surface area contributed by atoms with E-state index < -0.39 is 0 Å². The first-order valence-corrected chi connectivity index (χ1v) is 12.9. The summed E-state index contributed by atoms with van der Waals surface area (Å²) in [6, 6.07) is 10.5. The summed E-state index contributed by atoms with van der Waals surface area (Å²) in [6.07, 6.45) is 7.81. The Balaban J connectivity index is 1.43. The Bertz CT molecular complexity index is 784. The molecule has 1 aliphatic heterocycles. The molecule has 1 N–H and O–H groups in total. The van der Waals surface area contributed by atoms with Crippen LogP contribution in [0, 0.1) is 23.2 Å². The van der Waals surface area contributed by atoms with Gasteiger partial charge < -0.3 is 14.6 Å². The Morgan fingerprint density at radius 2 is 1.94 bits per heavy atom. The molecule has 32 heavy (non-hydrogen) atoms. The quantitative estimate of drug-likeness (QED) is 0.378. The van der Waals surface area contributed by atoms with E-state index in [9.17, 15) is 4.79 Å². The van der Waals surface area contributed by atoms with Crippen molar-refractivity contribution in [2.24, 2.45) is 23.2 Å². The third-order valence-electron chi connectivity index (χ3n) is 8.92. The van der Waals surface area contributed by atoms with Gasteiger partial charge in [-0.05, 0) is 55.4 Å². The van der Waals surface area contributed by atoms with Gasteiger partial charge in [0.2, 0.25) is 5.91 Å². The summed E-state index contributed by atoms with van der Waals surface area (Å²) in [5.74, 6) is 1.60. The number of nitrogens with one attached hydrogen (secondary N) is 1. The highest BCUT2D eigenvalue weighted by Gasteiger charge is 2.68. The summed E-state index contributed by atoms with van der Waals surface area (Å²) in [5, 5.41) is 3.24. The van der Waals surface area contributed by atoms with Crippen LogP contribution in [0.2, 0.25) is 5.82 Å². The minimum atomic E-state index is -0.268. The lowest BCUT2D eigenvalue weighted by molar-refractivity contribution is -0.199. The normalized spacial score (nSPS) is 32.0. The molecular formula is C27H42BNO3. The molecule has 3 saturated carbocycles. The van der Waals surface area contributed by atoms with Crippen LogP contribution in [-0.2, 0) is 20.5 Å². The number of hydrogen-bond donors (Lipinski definition) is 1. The van der Waals surface area contributed by atoms with Crippen molar-refractivity contribution < 1.29 is 14.1 Å². The molecule has 176 valence electrons. The third kappa shape index (κ3) is 4.52. The van der Waals surface area contributed by atoms with E-state index in [2.05, 4.69) is 57.3 Å². The van der Waals surface area contributed by atoms with Crippen LogP contribution in [0.25, 0.3) is 0 Å². The van der Waals surface area contributed by atoms with Gasteiger partial charge in [-0.1, -0.05) is 77.3 Å². The minimum absolute atomic E-state index is 0.0532. The van der Waals surface area contributed by atoms with E-state index in [4.69, 9.17) is 9.31 Å². The standard InChI is InChI=1S/C27H42BNO3/c1-6-7-9-12-19(2)25(30)29-18-22(15-20-13-10-8-11-14-20)28-31-24-17-21-16-23(26(21,3)4)27(24,5)32-28/h8,10-11,13-14,19,21-24H,6-7,9,12,15-18H2,1-5H3,(H,29,30)/t19-,21?,22+,23?,24?,27+/m0/s1. The highest BCUT2D eigenvalue weighted by Crippen LogP contribution is 2.66. The summed E-state index contributed by atoms with van der Waals surface area (Å²) in [7, 11) is -0.268. The lowest BCUT2D eigenvalue weighted by Gasteiger charge is -2.64. The number of carbonyl (C=O) groups excluding carboxylic acids is 1. The highest BCUT2D eigenvalue weighted by molar-refractivity contribution is 6.47. The lowest BCUT2D eigenvalue weighted by atomic mass is 9.43.